The van der Waals surface area contributed by atoms with Crippen LogP contribution in [0.5, 0.6) is 0 Å². The van der Waals surface area contributed by atoms with Gasteiger partial charge in [0.2, 0.25) is 0 Å². The van der Waals surface area contributed by atoms with Gasteiger partial charge in [0.05, 0.1) is 0 Å². The maximum Gasteiger partial charge on any atom is 0.269 e. The highest BCUT2D eigenvalue weighted by atomic mass is 35.5. The van der Waals surface area contributed by atoms with E-state index in [-0.39, 0.29) is 11.9 Å². The first-order valence-corrected chi connectivity index (χ1v) is 6.91. The third kappa shape index (κ3) is 2.77. The summed E-state index contributed by atoms with van der Waals surface area (Å²) in [5.74, 6) is -0.111. The van der Waals surface area contributed by atoms with Crippen LogP contribution >= 0.6 is 11.6 Å². The lowest BCUT2D eigenvalue weighted by atomic mass is 10.2. The topological polar surface area (TPSA) is 61.0 Å². The minimum absolute atomic E-state index is 0.111. The zero-order valence-corrected chi connectivity index (χ0v) is 11.6. The number of aromatic nitrogens is 2. The van der Waals surface area contributed by atoms with Gasteiger partial charge in [-0.25, -0.2) is 0 Å². The van der Waals surface area contributed by atoms with Crippen molar-refractivity contribution >= 4 is 23.2 Å². The first kappa shape index (κ1) is 13.0. The van der Waals surface area contributed by atoms with Crippen molar-refractivity contribution in [3.63, 3.8) is 0 Å². The number of aromatic amines is 1. The van der Waals surface area contributed by atoms with Crippen molar-refractivity contribution in [2.75, 3.05) is 18.0 Å². The molecule has 5 nitrogen and oxygen atoms in total. The average molecular weight is 291 g/mol. The van der Waals surface area contributed by atoms with Crippen molar-refractivity contribution in [1.82, 2.24) is 15.5 Å². The molecule has 0 saturated carbocycles. The fourth-order valence-corrected chi connectivity index (χ4v) is 2.62. The summed E-state index contributed by atoms with van der Waals surface area (Å²) in [7, 11) is 0. The standard InChI is InChI=1S/C14H15ClN4O/c15-10-2-1-3-12(8-10)19-7-5-11(9-19)17-14(20)13-4-6-16-18-13/h1-4,6,8,11H,5,7,9H2,(H,16,18)(H,17,20). The Hall–Kier alpha value is -2.01. The molecule has 3 rings (SSSR count). The molecule has 1 aliphatic heterocycles. The van der Waals surface area contributed by atoms with E-state index in [0.717, 1.165) is 30.2 Å². The van der Waals surface area contributed by atoms with Crippen molar-refractivity contribution in [2.24, 2.45) is 0 Å². The Kier molecular flexibility index (Phi) is 3.60. The molecule has 1 saturated heterocycles. The van der Waals surface area contributed by atoms with E-state index < -0.39 is 0 Å². The maximum atomic E-state index is 11.9. The summed E-state index contributed by atoms with van der Waals surface area (Å²) in [6.07, 6.45) is 2.49. The second-order valence-electron chi connectivity index (χ2n) is 4.86. The number of amides is 1. The lowest BCUT2D eigenvalue weighted by molar-refractivity contribution is 0.0935. The molecule has 6 heteroatoms. The summed E-state index contributed by atoms with van der Waals surface area (Å²) in [5, 5.41) is 10.2. The predicted octanol–water partition coefficient (Wildman–Crippen LogP) is 2.07. The van der Waals surface area contributed by atoms with Crippen LogP contribution in [0.15, 0.2) is 36.5 Å². The molecule has 1 aromatic carbocycles. The van der Waals surface area contributed by atoms with Crippen molar-refractivity contribution in [1.29, 1.82) is 0 Å². The van der Waals surface area contributed by atoms with Gasteiger partial charge in [-0.2, -0.15) is 5.10 Å². The first-order chi connectivity index (χ1) is 9.72. The SMILES string of the molecule is O=C(NC1CCN(c2cccc(Cl)c2)C1)c1ccn[nH]1. The number of H-pyrrole nitrogens is 1. The number of anilines is 1. The van der Waals surface area contributed by atoms with Crippen LogP contribution < -0.4 is 10.2 Å². The van der Waals surface area contributed by atoms with E-state index in [9.17, 15) is 4.79 Å². The fraction of sp³-hybridized carbons (Fsp3) is 0.286. The van der Waals surface area contributed by atoms with Crippen LogP contribution in [-0.2, 0) is 0 Å². The zero-order valence-electron chi connectivity index (χ0n) is 10.8. The number of hydrogen-bond donors (Lipinski definition) is 2. The van der Waals surface area contributed by atoms with E-state index in [2.05, 4.69) is 20.4 Å². The molecule has 2 N–H and O–H groups in total. The molecule has 0 aliphatic carbocycles. The molecule has 1 fully saturated rings. The minimum atomic E-state index is -0.111. The molecular weight excluding hydrogens is 276 g/mol. The van der Waals surface area contributed by atoms with E-state index in [1.807, 2.05) is 24.3 Å². The van der Waals surface area contributed by atoms with Gasteiger partial charge >= 0.3 is 0 Å². The van der Waals surface area contributed by atoms with E-state index in [0.29, 0.717) is 5.69 Å². The summed E-state index contributed by atoms with van der Waals surface area (Å²) >= 11 is 6.00. The number of benzene rings is 1. The Labute approximate surface area is 121 Å². The highest BCUT2D eigenvalue weighted by Gasteiger charge is 2.24. The molecule has 0 bridgehead atoms. The van der Waals surface area contributed by atoms with Gasteiger partial charge in [0.15, 0.2) is 0 Å². The molecule has 104 valence electrons. The number of rotatable bonds is 3. The van der Waals surface area contributed by atoms with Crippen molar-refractivity contribution in [3.8, 4) is 0 Å². The van der Waals surface area contributed by atoms with Crippen LogP contribution in [0.1, 0.15) is 16.9 Å². The Bertz CT molecular complexity index is 599. The number of nitrogens with zero attached hydrogens (tertiary/aromatic N) is 2. The quantitative estimate of drug-likeness (QED) is 0.910. The van der Waals surface area contributed by atoms with Gasteiger partial charge in [0.1, 0.15) is 5.69 Å². The largest absolute Gasteiger partial charge is 0.369 e. The minimum Gasteiger partial charge on any atom is -0.369 e. The second kappa shape index (κ2) is 5.54. The molecular formula is C14H15ClN4O. The lowest BCUT2D eigenvalue weighted by Crippen LogP contribution is -2.37. The van der Waals surface area contributed by atoms with E-state index >= 15 is 0 Å². The van der Waals surface area contributed by atoms with Crippen molar-refractivity contribution < 1.29 is 4.79 Å². The molecule has 1 aliphatic rings. The highest BCUT2D eigenvalue weighted by Crippen LogP contribution is 2.23. The molecule has 1 aromatic heterocycles. The summed E-state index contributed by atoms with van der Waals surface area (Å²) in [6, 6.07) is 9.59. The third-order valence-corrected chi connectivity index (χ3v) is 3.68. The normalized spacial score (nSPS) is 18.2. The van der Waals surface area contributed by atoms with E-state index in [1.165, 1.54) is 0 Å². The van der Waals surface area contributed by atoms with Crippen molar-refractivity contribution in [3.05, 3.63) is 47.2 Å². The number of carbonyl (C=O) groups is 1. The molecule has 1 atom stereocenters. The van der Waals surface area contributed by atoms with Gasteiger partial charge in [-0.3, -0.25) is 9.89 Å². The van der Waals surface area contributed by atoms with Gasteiger partial charge in [-0.05, 0) is 30.7 Å². The average Bonchev–Trinajstić information content (AvgIpc) is 3.10. The molecule has 2 aromatic rings. The van der Waals surface area contributed by atoms with Crippen LogP contribution in [0.3, 0.4) is 0 Å². The Balaban J connectivity index is 1.61. The van der Waals surface area contributed by atoms with Crippen LogP contribution in [-0.4, -0.2) is 35.2 Å². The van der Waals surface area contributed by atoms with Crippen molar-refractivity contribution in [2.45, 2.75) is 12.5 Å². The molecule has 2 heterocycles. The van der Waals surface area contributed by atoms with Crippen LogP contribution in [0, 0.1) is 0 Å². The number of halogens is 1. The molecule has 0 radical (unpaired) electrons. The monoisotopic (exact) mass is 290 g/mol. The first-order valence-electron chi connectivity index (χ1n) is 6.53. The third-order valence-electron chi connectivity index (χ3n) is 3.44. The van der Waals surface area contributed by atoms with Crippen LogP contribution in [0.2, 0.25) is 5.02 Å². The van der Waals surface area contributed by atoms with Gasteiger partial charge in [-0.15, -0.1) is 0 Å². The Morgan fingerprint density at radius 3 is 3.10 bits per heavy atom. The van der Waals surface area contributed by atoms with Crippen LogP contribution in [0.4, 0.5) is 5.69 Å². The second-order valence-corrected chi connectivity index (χ2v) is 5.29. The maximum absolute atomic E-state index is 11.9. The van der Waals surface area contributed by atoms with Gasteiger partial charge in [0.25, 0.3) is 5.91 Å². The molecule has 1 amide bonds. The summed E-state index contributed by atoms with van der Waals surface area (Å²) in [5.41, 5.74) is 1.59. The molecule has 0 spiro atoms. The number of carbonyl (C=O) groups excluding carboxylic acids is 1. The predicted molar refractivity (Wildman–Crippen MR) is 78.1 cm³/mol. The lowest BCUT2D eigenvalue weighted by Gasteiger charge is -2.19. The summed E-state index contributed by atoms with van der Waals surface area (Å²) < 4.78 is 0. The Morgan fingerprint density at radius 1 is 1.45 bits per heavy atom. The number of nitrogens with one attached hydrogen (secondary N) is 2. The fourth-order valence-electron chi connectivity index (χ4n) is 2.43. The van der Waals surface area contributed by atoms with E-state index in [4.69, 9.17) is 11.6 Å². The van der Waals surface area contributed by atoms with Crippen LogP contribution in [0.25, 0.3) is 0 Å². The zero-order chi connectivity index (χ0) is 13.9. The Morgan fingerprint density at radius 2 is 2.35 bits per heavy atom. The number of hydrogen-bond acceptors (Lipinski definition) is 3. The summed E-state index contributed by atoms with van der Waals surface area (Å²) in [4.78, 5) is 14.2. The molecule has 1 unspecified atom stereocenters. The smallest absolute Gasteiger partial charge is 0.269 e. The van der Waals surface area contributed by atoms with Gasteiger partial charge in [0, 0.05) is 36.0 Å². The van der Waals surface area contributed by atoms with Gasteiger partial charge in [-0.1, -0.05) is 17.7 Å². The van der Waals surface area contributed by atoms with E-state index in [1.54, 1.807) is 12.3 Å². The molecule has 20 heavy (non-hydrogen) atoms. The highest BCUT2D eigenvalue weighted by molar-refractivity contribution is 6.30. The van der Waals surface area contributed by atoms with Gasteiger partial charge < -0.3 is 10.2 Å². The summed E-state index contributed by atoms with van der Waals surface area (Å²) in [6.45, 7) is 1.70.